The summed E-state index contributed by atoms with van der Waals surface area (Å²) < 4.78 is 11.3. The van der Waals surface area contributed by atoms with Crippen molar-refractivity contribution in [1.29, 1.82) is 0 Å². The number of likely N-dealkylation sites (N-methyl/N-ethyl adjacent to an activating group) is 1. The molecule has 17 heavy (non-hydrogen) atoms. The molecule has 1 heterocycles. The van der Waals surface area contributed by atoms with Crippen molar-refractivity contribution in [3.63, 3.8) is 0 Å². The molecule has 1 aromatic carbocycles. The number of ether oxygens (including phenoxy) is 1. The van der Waals surface area contributed by atoms with E-state index in [-0.39, 0.29) is 12.3 Å². The van der Waals surface area contributed by atoms with Gasteiger partial charge in [0.25, 0.3) is 0 Å². The van der Waals surface area contributed by atoms with Gasteiger partial charge in [-0.2, -0.15) is 0 Å². The molecule has 0 atom stereocenters. The number of hydrogen-bond acceptors (Lipinski definition) is 4. The highest BCUT2D eigenvalue weighted by Crippen LogP contribution is 2.35. The van der Waals surface area contributed by atoms with Gasteiger partial charge in [-0.1, -0.05) is 0 Å². The standard InChI is InChI=1S/C12H12BrNO3/c1-14-6-9(15)8-5-10(16-2)12-7(11(8)13)3-4-17-12/h3-5,14H,6H2,1-2H3. The fourth-order valence-electron chi connectivity index (χ4n) is 1.69. The van der Waals surface area contributed by atoms with Crippen molar-refractivity contribution in [2.75, 3.05) is 20.7 Å². The Morgan fingerprint density at radius 2 is 2.35 bits per heavy atom. The Kier molecular flexibility index (Phi) is 3.49. The van der Waals surface area contributed by atoms with Crippen LogP contribution < -0.4 is 10.1 Å². The second-order valence-corrected chi connectivity index (χ2v) is 4.35. The third kappa shape index (κ3) is 2.08. The van der Waals surface area contributed by atoms with Crippen LogP contribution in [0.2, 0.25) is 0 Å². The number of ketones is 1. The Morgan fingerprint density at radius 3 is 3.00 bits per heavy atom. The first-order valence-electron chi connectivity index (χ1n) is 5.10. The lowest BCUT2D eigenvalue weighted by Crippen LogP contribution is -2.19. The molecule has 2 aromatic rings. The summed E-state index contributed by atoms with van der Waals surface area (Å²) in [6.45, 7) is 0.283. The summed E-state index contributed by atoms with van der Waals surface area (Å²) >= 11 is 3.43. The molecule has 0 aliphatic heterocycles. The predicted molar refractivity (Wildman–Crippen MR) is 68.7 cm³/mol. The van der Waals surface area contributed by atoms with Gasteiger partial charge >= 0.3 is 0 Å². The van der Waals surface area contributed by atoms with Gasteiger partial charge in [0.15, 0.2) is 17.1 Å². The zero-order valence-corrected chi connectivity index (χ0v) is 11.1. The summed E-state index contributed by atoms with van der Waals surface area (Å²) in [7, 11) is 3.29. The minimum Gasteiger partial charge on any atom is -0.493 e. The van der Waals surface area contributed by atoms with Crippen molar-refractivity contribution in [1.82, 2.24) is 5.32 Å². The van der Waals surface area contributed by atoms with Gasteiger partial charge in [-0.3, -0.25) is 4.79 Å². The molecule has 0 saturated heterocycles. The number of furan rings is 1. The van der Waals surface area contributed by atoms with Crippen molar-refractivity contribution in [2.45, 2.75) is 0 Å². The fourth-order valence-corrected chi connectivity index (χ4v) is 2.34. The SMILES string of the molecule is CNCC(=O)c1cc(OC)c2occc2c1Br. The molecule has 1 N–H and O–H groups in total. The molecule has 1 aromatic heterocycles. The van der Waals surface area contributed by atoms with Gasteiger partial charge in [0, 0.05) is 15.4 Å². The van der Waals surface area contributed by atoms with E-state index in [1.807, 2.05) is 0 Å². The maximum atomic E-state index is 11.9. The van der Waals surface area contributed by atoms with Crippen LogP contribution in [0.25, 0.3) is 11.0 Å². The Balaban J connectivity index is 2.63. The van der Waals surface area contributed by atoms with Crippen molar-refractivity contribution in [3.05, 3.63) is 28.4 Å². The maximum absolute atomic E-state index is 11.9. The summed E-state index contributed by atoms with van der Waals surface area (Å²) in [6.07, 6.45) is 1.57. The highest BCUT2D eigenvalue weighted by atomic mass is 79.9. The van der Waals surface area contributed by atoms with Crippen LogP contribution in [0, 0.1) is 0 Å². The highest BCUT2D eigenvalue weighted by Gasteiger charge is 2.17. The van der Waals surface area contributed by atoms with Crippen LogP contribution >= 0.6 is 15.9 Å². The van der Waals surface area contributed by atoms with Crippen molar-refractivity contribution >= 4 is 32.7 Å². The number of rotatable bonds is 4. The second kappa shape index (κ2) is 4.89. The third-order valence-corrected chi connectivity index (χ3v) is 3.35. The fraction of sp³-hybridized carbons (Fsp3) is 0.250. The van der Waals surface area contributed by atoms with Crippen molar-refractivity contribution in [3.8, 4) is 5.75 Å². The number of methoxy groups -OCH3 is 1. The van der Waals surface area contributed by atoms with Gasteiger partial charge in [0.2, 0.25) is 0 Å². The van der Waals surface area contributed by atoms with Crippen LogP contribution in [0.3, 0.4) is 0 Å². The maximum Gasteiger partial charge on any atom is 0.177 e. The largest absolute Gasteiger partial charge is 0.493 e. The van der Waals surface area contributed by atoms with Crippen LogP contribution in [-0.2, 0) is 0 Å². The van der Waals surface area contributed by atoms with E-state index >= 15 is 0 Å². The molecule has 0 saturated carbocycles. The van der Waals surface area contributed by atoms with Crippen LogP contribution in [0.15, 0.2) is 27.3 Å². The average molecular weight is 298 g/mol. The molecule has 0 fully saturated rings. The minimum absolute atomic E-state index is 0.000718. The first-order chi connectivity index (χ1) is 8.19. The number of carbonyl (C=O) groups excluding carboxylic acids is 1. The molecular formula is C12H12BrNO3. The number of nitrogens with one attached hydrogen (secondary N) is 1. The number of fused-ring (bicyclic) bond motifs is 1. The molecule has 0 amide bonds. The molecule has 0 aliphatic carbocycles. The van der Waals surface area contributed by atoms with E-state index in [0.29, 0.717) is 16.9 Å². The van der Waals surface area contributed by atoms with Crippen molar-refractivity contribution in [2.24, 2.45) is 0 Å². The van der Waals surface area contributed by atoms with Crippen LogP contribution in [0.1, 0.15) is 10.4 Å². The molecule has 4 nitrogen and oxygen atoms in total. The molecule has 2 rings (SSSR count). The Morgan fingerprint density at radius 1 is 1.59 bits per heavy atom. The third-order valence-electron chi connectivity index (χ3n) is 2.50. The molecule has 0 aliphatic rings. The van der Waals surface area contributed by atoms with Gasteiger partial charge in [0.05, 0.1) is 19.9 Å². The summed E-state index contributed by atoms with van der Waals surface area (Å²) in [4.78, 5) is 11.9. The monoisotopic (exact) mass is 297 g/mol. The summed E-state index contributed by atoms with van der Waals surface area (Å²) in [6, 6.07) is 3.49. The number of carbonyl (C=O) groups is 1. The summed E-state index contributed by atoms with van der Waals surface area (Å²) in [5.74, 6) is 0.563. The Labute approximate surface area is 107 Å². The van der Waals surface area contributed by atoms with E-state index in [0.717, 1.165) is 9.86 Å². The van der Waals surface area contributed by atoms with E-state index in [9.17, 15) is 4.79 Å². The number of hydrogen-bond donors (Lipinski definition) is 1. The Hall–Kier alpha value is -1.33. The lowest BCUT2D eigenvalue weighted by atomic mass is 10.1. The zero-order valence-electron chi connectivity index (χ0n) is 9.54. The smallest absolute Gasteiger partial charge is 0.177 e. The first-order valence-corrected chi connectivity index (χ1v) is 5.89. The van der Waals surface area contributed by atoms with Gasteiger partial charge in [-0.05, 0) is 35.1 Å². The number of Topliss-reactive ketones (excluding diaryl/α,β-unsaturated/α-hetero) is 1. The zero-order chi connectivity index (χ0) is 12.4. The van der Waals surface area contributed by atoms with Crippen LogP contribution in [0.4, 0.5) is 0 Å². The number of halogens is 1. The molecule has 5 heteroatoms. The summed E-state index contributed by atoms with van der Waals surface area (Å²) in [5, 5.41) is 3.67. The molecule has 0 bridgehead atoms. The Bertz CT molecular complexity index is 562. The van der Waals surface area contributed by atoms with Gasteiger partial charge in [-0.15, -0.1) is 0 Å². The summed E-state index contributed by atoms with van der Waals surface area (Å²) in [5.41, 5.74) is 1.23. The molecule has 0 unspecified atom stereocenters. The average Bonchev–Trinajstić information content (AvgIpc) is 2.79. The van der Waals surface area contributed by atoms with E-state index in [4.69, 9.17) is 9.15 Å². The first kappa shape index (κ1) is 12.1. The molecular weight excluding hydrogens is 286 g/mol. The molecule has 0 spiro atoms. The predicted octanol–water partition coefficient (Wildman–Crippen LogP) is 2.61. The number of benzene rings is 1. The molecule has 0 radical (unpaired) electrons. The quantitative estimate of drug-likeness (QED) is 0.882. The van der Waals surface area contributed by atoms with E-state index < -0.39 is 0 Å². The van der Waals surface area contributed by atoms with Crippen LogP contribution in [-0.4, -0.2) is 26.5 Å². The van der Waals surface area contributed by atoms with E-state index in [2.05, 4.69) is 21.2 Å². The minimum atomic E-state index is 0.000718. The molecule has 90 valence electrons. The van der Waals surface area contributed by atoms with Gasteiger partial charge in [-0.25, -0.2) is 0 Å². The van der Waals surface area contributed by atoms with Gasteiger partial charge in [0.1, 0.15) is 0 Å². The topological polar surface area (TPSA) is 51.5 Å². The van der Waals surface area contributed by atoms with Crippen LogP contribution in [0.5, 0.6) is 5.75 Å². The van der Waals surface area contributed by atoms with Gasteiger partial charge < -0.3 is 14.5 Å². The van der Waals surface area contributed by atoms with E-state index in [1.54, 1.807) is 32.6 Å². The second-order valence-electron chi connectivity index (χ2n) is 3.56. The lowest BCUT2D eigenvalue weighted by Gasteiger charge is -2.08. The normalized spacial score (nSPS) is 10.8. The van der Waals surface area contributed by atoms with E-state index in [1.165, 1.54) is 0 Å². The highest BCUT2D eigenvalue weighted by molar-refractivity contribution is 9.10. The van der Waals surface area contributed by atoms with Crippen molar-refractivity contribution < 1.29 is 13.9 Å². The lowest BCUT2D eigenvalue weighted by molar-refractivity contribution is 0.0992.